The maximum Gasteiger partial charge on any atom is 0.326 e. The van der Waals surface area contributed by atoms with E-state index in [1.165, 1.54) is 0 Å². The molecule has 108 valence electrons. The van der Waals surface area contributed by atoms with E-state index < -0.39 is 17.9 Å². The Morgan fingerprint density at radius 3 is 2.63 bits per heavy atom. The van der Waals surface area contributed by atoms with Crippen molar-refractivity contribution in [2.45, 2.75) is 38.6 Å². The maximum atomic E-state index is 11.9. The van der Waals surface area contributed by atoms with Gasteiger partial charge in [0.05, 0.1) is 0 Å². The minimum atomic E-state index is -1.15. The molecule has 1 aliphatic heterocycles. The van der Waals surface area contributed by atoms with E-state index >= 15 is 0 Å². The number of nitrogens with one attached hydrogen (secondary N) is 1. The number of nitrogens with two attached hydrogens (primary N) is 1. The monoisotopic (exact) mass is 271 g/mol. The van der Waals surface area contributed by atoms with Crippen LogP contribution in [0, 0.1) is 5.92 Å². The number of urea groups is 1. The summed E-state index contributed by atoms with van der Waals surface area (Å²) in [6, 6.07) is -1.45. The summed E-state index contributed by atoms with van der Waals surface area (Å²) in [5.74, 6) is -1.24. The molecule has 0 aromatic rings. The van der Waals surface area contributed by atoms with E-state index in [-0.39, 0.29) is 18.9 Å². The van der Waals surface area contributed by atoms with E-state index in [4.69, 9.17) is 10.8 Å². The molecule has 0 aromatic heterocycles. The molecule has 7 heteroatoms. The lowest BCUT2D eigenvalue weighted by Gasteiger charge is -2.20. The molecule has 1 saturated heterocycles. The number of hydrogen-bond donors (Lipinski definition) is 3. The van der Waals surface area contributed by atoms with Crippen LogP contribution in [-0.4, -0.2) is 47.0 Å². The lowest BCUT2D eigenvalue weighted by molar-refractivity contribution is -0.139. The molecule has 0 spiro atoms. The number of carbonyl (C=O) groups is 3. The number of likely N-dealkylation sites (tertiary alicyclic amines) is 1. The smallest absolute Gasteiger partial charge is 0.326 e. The molecule has 4 N–H and O–H groups in total. The van der Waals surface area contributed by atoms with Crippen molar-refractivity contribution in [3.63, 3.8) is 0 Å². The molecule has 1 aliphatic rings. The average molecular weight is 271 g/mol. The summed E-state index contributed by atoms with van der Waals surface area (Å²) < 4.78 is 0. The van der Waals surface area contributed by atoms with Crippen LogP contribution < -0.4 is 11.1 Å². The highest BCUT2D eigenvalue weighted by atomic mass is 16.4. The predicted molar refractivity (Wildman–Crippen MR) is 68.4 cm³/mol. The summed E-state index contributed by atoms with van der Waals surface area (Å²) in [5.41, 5.74) is 4.98. The van der Waals surface area contributed by atoms with E-state index in [1.54, 1.807) is 4.90 Å². The highest BCUT2D eigenvalue weighted by molar-refractivity contribution is 5.83. The predicted octanol–water partition coefficient (Wildman–Crippen LogP) is 0.147. The van der Waals surface area contributed by atoms with Gasteiger partial charge in [-0.1, -0.05) is 13.3 Å². The van der Waals surface area contributed by atoms with E-state index in [2.05, 4.69) is 12.2 Å². The van der Waals surface area contributed by atoms with Gasteiger partial charge in [-0.15, -0.1) is 0 Å². The highest BCUT2D eigenvalue weighted by Crippen LogP contribution is 2.19. The number of primary amides is 1. The Balaban J connectivity index is 2.47. The second-order valence-electron chi connectivity index (χ2n) is 4.85. The van der Waals surface area contributed by atoms with Crippen LogP contribution in [0.25, 0.3) is 0 Å². The van der Waals surface area contributed by atoms with Crippen LogP contribution in [0.2, 0.25) is 0 Å². The fraction of sp³-hybridized carbons (Fsp3) is 0.750. The number of carboxylic acid groups (broad SMARTS) is 1. The summed E-state index contributed by atoms with van der Waals surface area (Å²) >= 11 is 0. The third kappa shape index (κ3) is 4.76. The molecule has 19 heavy (non-hydrogen) atoms. The van der Waals surface area contributed by atoms with Crippen molar-refractivity contribution >= 4 is 17.9 Å². The number of aliphatic carboxylic acids is 1. The van der Waals surface area contributed by atoms with Crippen molar-refractivity contribution in [2.24, 2.45) is 11.7 Å². The third-order valence-corrected chi connectivity index (χ3v) is 3.43. The van der Waals surface area contributed by atoms with Gasteiger partial charge in [0, 0.05) is 19.5 Å². The fourth-order valence-electron chi connectivity index (χ4n) is 2.13. The summed E-state index contributed by atoms with van der Waals surface area (Å²) in [6.45, 7) is 3.37. The van der Waals surface area contributed by atoms with Crippen molar-refractivity contribution in [3.05, 3.63) is 0 Å². The van der Waals surface area contributed by atoms with Crippen molar-refractivity contribution in [1.82, 2.24) is 10.2 Å². The van der Waals surface area contributed by atoms with Gasteiger partial charge in [0.2, 0.25) is 5.91 Å². The Morgan fingerprint density at radius 1 is 1.47 bits per heavy atom. The number of carboxylic acids is 1. The molecular formula is C12H21N3O4. The summed E-state index contributed by atoms with van der Waals surface area (Å²) in [5, 5.41) is 11.4. The van der Waals surface area contributed by atoms with E-state index in [1.807, 2.05) is 0 Å². The lowest BCUT2D eigenvalue weighted by atomic mass is 10.1. The van der Waals surface area contributed by atoms with Gasteiger partial charge in [0.15, 0.2) is 0 Å². The number of hydrogen-bond acceptors (Lipinski definition) is 3. The molecule has 1 fully saturated rings. The van der Waals surface area contributed by atoms with Gasteiger partial charge in [-0.25, -0.2) is 9.59 Å². The molecule has 0 saturated carbocycles. The highest BCUT2D eigenvalue weighted by Gasteiger charge is 2.28. The van der Waals surface area contributed by atoms with Crippen LogP contribution in [0.3, 0.4) is 0 Å². The van der Waals surface area contributed by atoms with Crippen molar-refractivity contribution < 1.29 is 19.5 Å². The summed E-state index contributed by atoms with van der Waals surface area (Å²) in [6.07, 6.45) is 1.91. The normalized spacial score (nSPS) is 20.1. The molecule has 0 radical (unpaired) electrons. The van der Waals surface area contributed by atoms with Crippen LogP contribution in [-0.2, 0) is 9.59 Å². The van der Waals surface area contributed by atoms with E-state index in [0.717, 1.165) is 12.8 Å². The second-order valence-corrected chi connectivity index (χ2v) is 4.85. The molecular weight excluding hydrogens is 250 g/mol. The molecule has 1 heterocycles. The van der Waals surface area contributed by atoms with Gasteiger partial charge in [-0.05, 0) is 18.8 Å². The van der Waals surface area contributed by atoms with Gasteiger partial charge >= 0.3 is 12.0 Å². The summed E-state index contributed by atoms with van der Waals surface area (Å²) in [7, 11) is 0. The standard InChI is InChI=1S/C12H21N3O4/c1-2-8-5-6-15(7-8)12(19)14-9(11(17)18)3-4-10(13)16/h8-9H,2-7H2,1H3,(H2,13,16)(H,14,19)(H,17,18)/t8?,9-/m0/s1. The number of nitrogens with zero attached hydrogens (tertiary/aromatic N) is 1. The number of amides is 3. The van der Waals surface area contributed by atoms with Gasteiger partial charge in [0.1, 0.15) is 6.04 Å². The quantitative estimate of drug-likeness (QED) is 0.638. The zero-order chi connectivity index (χ0) is 14.4. The van der Waals surface area contributed by atoms with Crippen LogP contribution >= 0.6 is 0 Å². The van der Waals surface area contributed by atoms with E-state index in [9.17, 15) is 14.4 Å². The molecule has 3 amide bonds. The zero-order valence-corrected chi connectivity index (χ0v) is 11.1. The van der Waals surface area contributed by atoms with Crippen LogP contribution in [0.1, 0.15) is 32.6 Å². The van der Waals surface area contributed by atoms with E-state index in [0.29, 0.717) is 19.0 Å². The van der Waals surface area contributed by atoms with Gasteiger partial charge in [-0.2, -0.15) is 0 Å². The average Bonchev–Trinajstić information content (AvgIpc) is 2.82. The first-order chi connectivity index (χ1) is 8.93. The zero-order valence-electron chi connectivity index (χ0n) is 11.1. The summed E-state index contributed by atoms with van der Waals surface area (Å²) in [4.78, 5) is 35.2. The topological polar surface area (TPSA) is 113 Å². The van der Waals surface area contributed by atoms with Crippen LogP contribution in [0.4, 0.5) is 4.79 Å². The number of rotatable bonds is 6. The minimum absolute atomic E-state index is 0.0153. The van der Waals surface area contributed by atoms with Crippen molar-refractivity contribution in [3.8, 4) is 0 Å². The molecule has 0 aromatic carbocycles. The Morgan fingerprint density at radius 2 is 2.16 bits per heavy atom. The molecule has 1 unspecified atom stereocenters. The lowest BCUT2D eigenvalue weighted by Crippen LogP contribution is -2.47. The van der Waals surface area contributed by atoms with Gasteiger partial charge in [0.25, 0.3) is 0 Å². The molecule has 1 rings (SSSR count). The Labute approximate surface area is 112 Å². The Kier molecular flexibility index (Phi) is 5.59. The second kappa shape index (κ2) is 6.96. The first kappa shape index (κ1) is 15.3. The molecule has 0 aliphatic carbocycles. The first-order valence-electron chi connectivity index (χ1n) is 6.50. The van der Waals surface area contributed by atoms with Crippen molar-refractivity contribution in [1.29, 1.82) is 0 Å². The van der Waals surface area contributed by atoms with Crippen LogP contribution in [0.5, 0.6) is 0 Å². The van der Waals surface area contributed by atoms with Gasteiger partial charge < -0.3 is 21.1 Å². The Bertz CT molecular complexity index is 359. The number of carbonyl (C=O) groups excluding carboxylic acids is 2. The van der Waals surface area contributed by atoms with Crippen LogP contribution in [0.15, 0.2) is 0 Å². The first-order valence-corrected chi connectivity index (χ1v) is 6.50. The molecule has 0 bridgehead atoms. The fourth-order valence-corrected chi connectivity index (χ4v) is 2.13. The molecule has 2 atom stereocenters. The van der Waals surface area contributed by atoms with Gasteiger partial charge in [-0.3, -0.25) is 4.79 Å². The molecule has 7 nitrogen and oxygen atoms in total. The SMILES string of the molecule is CCC1CCN(C(=O)N[C@@H](CCC(N)=O)C(=O)O)C1. The third-order valence-electron chi connectivity index (χ3n) is 3.43. The van der Waals surface area contributed by atoms with Crippen molar-refractivity contribution in [2.75, 3.05) is 13.1 Å². The Hall–Kier alpha value is -1.79. The minimum Gasteiger partial charge on any atom is -0.480 e. The maximum absolute atomic E-state index is 11.9. The largest absolute Gasteiger partial charge is 0.480 e.